The van der Waals surface area contributed by atoms with Gasteiger partial charge >= 0.3 is 11.9 Å². The summed E-state index contributed by atoms with van der Waals surface area (Å²) in [5.41, 5.74) is 2.10. The lowest BCUT2D eigenvalue weighted by atomic mass is 9.84. The molecular formula is C25H32O7. The second-order valence-electron chi connectivity index (χ2n) is 8.82. The lowest BCUT2D eigenvalue weighted by Gasteiger charge is -2.34. The number of esters is 2. The molecule has 0 spiro atoms. The molecule has 0 amide bonds. The molecule has 4 bridgehead atoms. The van der Waals surface area contributed by atoms with Gasteiger partial charge in [0.1, 0.15) is 23.5 Å². The van der Waals surface area contributed by atoms with E-state index < -0.39 is 30.3 Å². The largest absolute Gasteiger partial charge is 0.489 e. The second kappa shape index (κ2) is 9.86. The van der Waals surface area contributed by atoms with Gasteiger partial charge in [0.05, 0.1) is 18.8 Å². The van der Waals surface area contributed by atoms with Crippen molar-refractivity contribution in [2.24, 2.45) is 5.92 Å². The Balaban J connectivity index is 2.22. The first-order valence-corrected chi connectivity index (χ1v) is 11.1. The first kappa shape index (κ1) is 24.0. The lowest BCUT2D eigenvalue weighted by Crippen LogP contribution is -2.37. The van der Waals surface area contributed by atoms with Gasteiger partial charge in [-0.1, -0.05) is 24.6 Å². The minimum Gasteiger partial charge on any atom is -0.489 e. The predicted molar refractivity (Wildman–Crippen MR) is 117 cm³/mol. The van der Waals surface area contributed by atoms with E-state index in [1.165, 1.54) is 13.2 Å². The van der Waals surface area contributed by atoms with Crippen LogP contribution >= 0.6 is 0 Å². The number of hydrogen-bond donors (Lipinski definition) is 0. The first-order valence-electron chi connectivity index (χ1n) is 11.1. The Morgan fingerprint density at radius 3 is 2.62 bits per heavy atom. The number of allylic oxidation sites excluding steroid dienone is 2. The Morgan fingerprint density at radius 2 is 2.00 bits per heavy atom. The number of fused-ring (bicyclic) bond motifs is 4. The zero-order chi connectivity index (χ0) is 23.6. The Bertz CT molecular complexity index is 907. The van der Waals surface area contributed by atoms with Crippen LogP contribution in [0, 0.1) is 5.92 Å². The van der Waals surface area contributed by atoms with Crippen LogP contribution in [0.5, 0.6) is 0 Å². The molecule has 0 aromatic rings. The van der Waals surface area contributed by atoms with Crippen molar-refractivity contribution in [2.75, 3.05) is 7.11 Å². The number of rotatable bonds is 5. The van der Waals surface area contributed by atoms with Gasteiger partial charge in [0.15, 0.2) is 11.9 Å². The second-order valence-corrected chi connectivity index (χ2v) is 8.82. The Kier molecular flexibility index (Phi) is 7.39. The molecule has 1 fully saturated rings. The molecule has 32 heavy (non-hydrogen) atoms. The molecule has 5 atom stereocenters. The number of carbonyl (C=O) groups is 3. The fraction of sp³-hybridized carbons (Fsp3) is 0.560. The van der Waals surface area contributed by atoms with Gasteiger partial charge in [0, 0.05) is 12.8 Å². The number of ketones is 1. The highest BCUT2D eigenvalue weighted by Crippen LogP contribution is 2.39. The van der Waals surface area contributed by atoms with E-state index >= 15 is 0 Å². The Labute approximate surface area is 189 Å². The van der Waals surface area contributed by atoms with E-state index in [-0.39, 0.29) is 23.4 Å². The highest BCUT2D eigenvalue weighted by atomic mass is 16.6. The van der Waals surface area contributed by atoms with E-state index in [0.29, 0.717) is 37.0 Å². The highest BCUT2D eigenvalue weighted by Gasteiger charge is 2.42. The van der Waals surface area contributed by atoms with Crippen molar-refractivity contribution in [3.05, 3.63) is 46.8 Å². The zero-order valence-corrected chi connectivity index (χ0v) is 19.4. The van der Waals surface area contributed by atoms with E-state index in [0.717, 1.165) is 11.1 Å². The van der Waals surface area contributed by atoms with Gasteiger partial charge < -0.3 is 18.9 Å². The fourth-order valence-corrected chi connectivity index (χ4v) is 4.20. The summed E-state index contributed by atoms with van der Waals surface area (Å²) in [7, 11) is 1.26. The van der Waals surface area contributed by atoms with Gasteiger partial charge in [-0.15, -0.1) is 0 Å². The van der Waals surface area contributed by atoms with Gasteiger partial charge in [0.2, 0.25) is 0 Å². The summed E-state index contributed by atoms with van der Waals surface area (Å²) < 4.78 is 22.8. The molecule has 3 aliphatic rings. The smallest absolute Gasteiger partial charge is 0.340 e. The van der Waals surface area contributed by atoms with E-state index in [1.54, 1.807) is 13.0 Å². The first-order chi connectivity index (χ1) is 15.1. The summed E-state index contributed by atoms with van der Waals surface area (Å²) in [6.45, 7) is 11.6. The molecule has 3 heterocycles. The maximum atomic E-state index is 13.3. The van der Waals surface area contributed by atoms with Crippen molar-refractivity contribution in [3.63, 3.8) is 0 Å². The maximum Gasteiger partial charge on any atom is 0.340 e. The van der Waals surface area contributed by atoms with Crippen LogP contribution in [0.15, 0.2) is 46.8 Å². The molecule has 174 valence electrons. The maximum absolute atomic E-state index is 13.3. The number of carbonyl (C=O) groups excluding carboxylic acids is 3. The predicted octanol–water partition coefficient (Wildman–Crippen LogP) is 3.74. The molecule has 0 aliphatic carbocycles. The van der Waals surface area contributed by atoms with Gasteiger partial charge in [-0.3, -0.25) is 4.79 Å². The topological polar surface area (TPSA) is 88.1 Å². The average molecular weight is 445 g/mol. The number of ether oxygens (including phenoxy) is 4. The summed E-state index contributed by atoms with van der Waals surface area (Å²) in [6.07, 6.45) is 2.62. The van der Waals surface area contributed by atoms with E-state index in [4.69, 9.17) is 18.9 Å². The third-order valence-electron chi connectivity index (χ3n) is 6.20. The SMILES string of the molecule is C=C(C)[C@H]1C/C2=C(\C(=O)OC)C(OC(C)CC)C(=O)/C=C(/C)C[C@@H]3C=C(C(=O)O3)[C@H](C1)O2. The van der Waals surface area contributed by atoms with Crippen molar-refractivity contribution in [1.29, 1.82) is 0 Å². The molecule has 0 aromatic carbocycles. The third-order valence-corrected chi connectivity index (χ3v) is 6.20. The Hall–Kier alpha value is -2.67. The molecular weight excluding hydrogens is 412 g/mol. The van der Waals surface area contributed by atoms with Crippen LogP contribution in [0.3, 0.4) is 0 Å². The highest BCUT2D eigenvalue weighted by molar-refractivity contribution is 6.04. The van der Waals surface area contributed by atoms with Gasteiger partial charge in [-0.05, 0) is 51.7 Å². The molecule has 0 radical (unpaired) electrons. The van der Waals surface area contributed by atoms with Crippen molar-refractivity contribution in [1.82, 2.24) is 0 Å². The summed E-state index contributed by atoms with van der Waals surface area (Å²) in [5, 5.41) is 0. The molecule has 7 nitrogen and oxygen atoms in total. The van der Waals surface area contributed by atoms with Crippen LogP contribution in [0.4, 0.5) is 0 Å². The van der Waals surface area contributed by atoms with Gasteiger partial charge in [-0.25, -0.2) is 9.59 Å². The van der Waals surface area contributed by atoms with Crippen LogP contribution in [-0.4, -0.2) is 49.2 Å². The Morgan fingerprint density at radius 1 is 1.28 bits per heavy atom. The van der Waals surface area contributed by atoms with Crippen molar-refractivity contribution in [3.8, 4) is 0 Å². The number of methoxy groups -OCH3 is 1. The monoisotopic (exact) mass is 444 g/mol. The third kappa shape index (κ3) is 5.04. The standard InChI is InChI=1S/C25H32O7/c1-7-15(5)30-23-19(26)9-14(4)8-17-12-18(24(27)31-17)20-10-16(13(2)3)11-21(32-20)22(23)25(28)29-6/h9,12,15-17,20,23H,2,7-8,10-11H2,1,3-6H3/b14-9-,22-21+/t15?,16-,17-,20+,23?/m1/s1. The van der Waals surface area contributed by atoms with E-state index in [9.17, 15) is 14.4 Å². The van der Waals surface area contributed by atoms with Gasteiger partial charge in [0.25, 0.3) is 0 Å². The molecule has 1 saturated heterocycles. The molecule has 3 aliphatic heterocycles. The van der Waals surface area contributed by atoms with Crippen molar-refractivity contribution in [2.45, 2.75) is 77.8 Å². The van der Waals surface area contributed by atoms with Crippen molar-refractivity contribution >= 4 is 17.7 Å². The van der Waals surface area contributed by atoms with E-state index in [1.807, 2.05) is 20.8 Å². The average Bonchev–Trinajstić information content (AvgIpc) is 3.11. The normalized spacial score (nSPS) is 32.9. The molecule has 0 saturated carbocycles. The van der Waals surface area contributed by atoms with Crippen LogP contribution in [-0.2, 0) is 33.3 Å². The summed E-state index contributed by atoms with van der Waals surface area (Å²) in [5.74, 6) is -1.25. The van der Waals surface area contributed by atoms with Crippen LogP contribution < -0.4 is 0 Å². The quantitative estimate of drug-likeness (QED) is 0.471. The molecule has 7 heteroatoms. The van der Waals surface area contributed by atoms with E-state index in [2.05, 4.69) is 6.58 Å². The zero-order valence-electron chi connectivity index (χ0n) is 19.4. The molecule has 3 rings (SSSR count). The minimum atomic E-state index is -1.17. The summed E-state index contributed by atoms with van der Waals surface area (Å²) in [6, 6.07) is 0. The summed E-state index contributed by atoms with van der Waals surface area (Å²) in [4.78, 5) is 38.9. The van der Waals surface area contributed by atoms with Crippen LogP contribution in [0.2, 0.25) is 0 Å². The number of hydrogen-bond acceptors (Lipinski definition) is 7. The fourth-order valence-electron chi connectivity index (χ4n) is 4.20. The minimum absolute atomic E-state index is 0.0434. The van der Waals surface area contributed by atoms with Crippen LogP contribution in [0.25, 0.3) is 0 Å². The summed E-state index contributed by atoms with van der Waals surface area (Å²) >= 11 is 0. The molecule has 0 aromatic heterocycles. The lowest BCUT2D eigenvalue weighted by molar-refractivity contribution is -0.142. The molecule has 0 N–H and O–H groups in total. The van der Waals surface area contributed by atoms with Gasteiger partial charge in [-0.2, -0.15) is 0 Å². The molecule has 2 unspecified atom stereocenters. The van der Waals surface area contributed by atoms with Crippen LogP contribution in [0.1, 0.15) is 53.4 Å². The van der Waals surface area contributed by atoms with Crippen molar-refractivity contribution < 1.29 is 33.3 Å².